The van der Waals surface area contributed by atoms with Crippen molar-refractivity contribution >= 4 is 11.6 Å². The summed E-state index contributed by atoms with van der Waals surface area (Å²) in [6.07, 6.45) is 0.0490. The van der Waals surface area contributed by atoms with Crippen molar-refractivity contribution in [1.29, 1.82) is 0 Å². The number of amides is 1. The minimum absolute atomic E-state index is 0.0123. The lowest BCUT2D eigenvalue weighted by atomic mass is 10.0. The minimum atomic E-state index is -2.98. The molecule has 3 aromatic carbocycles. The van der Waals surface area contributed by atoms with Crippen LogP contribution in [0.1, 0.15) is 5.56 Å². The molecule has 3 rings (SSSR count). The van der Waals surface area contributed by atoms with Gasteiger partial charge in [0.2, 0.25) is 5.91 Å². The summed E-state index contributed by atoms with van der Waals surface area (Å²) in [6, 6.07) is 16.8. The van der Waals surface area contributed by atoms with Gasteiger partial charge in [0.05, 0.1) is 13.5 Å². The Hall–Kier alpha value is -3.48. The molecule has 150 valence electrons. The van der Waals surface area contributed by atoms with Crippen LogP contribution in [0.25, 0.3) is 11.1 Å². The molecule has 0 aliphatic heterocycles. The van der Waals surface area contributed by atoms with Crippen LogP contribution >= 0.6 is 0 Å². The number of anilines is 1. The van der Waals surface area contributed by atoms with E-state index in [0.717, 1.165) is 0 Å². The summed E-state index contributed by atoms with van der Waals surface area (Å²) >= 11 is 0. The number of methoxy groups -OCH3 is 1. The van der Waals surface area contributed by atoms with Crippen molar-refractivity contribution in [3.8, 4) is 22.6 Å². The number of alkyl halides is 2. The summed E-state index contributed by atoms with van der Waals surface area (Å²) in [5.74, 6) is -0.0942. The molecular weight excluding hydrogens is 383 g/mol. The second-order valence-electron chi connectivity index (χ2n) is 6.17. The molecule has 0 atom stereocenters. The molecule has 4 nitrogen and oxygen atoms in total. The molecule has 0 bridgehead atoms. The van der Waals surface area contributed by atoms with Gasteiger partial charge in [0.15, 0.2) is 0 Å². The monoisotopic (exact) mass is 401 g/mol. The van der Waals surface area contributed by atoms with Gasteiger partial charge in [-0.05, 0) is 53.6 Å². The maximum absolute atomic E-state index is 13.0. The van der Waals surface area contributed by atoms with E-state index in [-0.39, 0.29) is 23.9 Å². The number of hydrogen-bond acceptors (Lipinski definition) is 3. The molecule has 0 radical (unpaired) electrons. The van der Waals surface area contributed by atoms with Crippen molar-refractivity contribution in [3.05, 3.63) is 78.1 Å². The molecule has 0 spiro atoms. The van der Waals surface area contributed by atoms with Crippen molar-refractivity contribution in [2.24, 2.45) is 0 Å². The molecule has 0 aliphatic carbocycles. The number of rotatable bonds is 7. The van der Waals surface area contributed by atoms with Gasteiger partial charge in [-0.15, -0.1) is 0 Å². The average Bonchev–Trinajstić information content (AvgIpc) is 2.70. The molecule has 0 aromatic heterocycles. The second kappa shape index (κ2) is 9.14. The summed E-state index contributed by atoms with van der Waals surface area (Å²) < 4.78 is 48.3. The van der Waals surface area contributed by atoms with E-state index in [9.17, 15) is 18.0 Å². The van der Waals surface area contributed by atoms with Crippen molar-refractivity contribution in [2.75, 3.05) is 12.4 Å². The van der Waals surface area contributed by atoms with E-state index < -0.39 is 6.61 Å². The Morgan fingerprint density at radius 3 is 2.31 bits per heavy atom. The van der Waals surface area contributed by atoms with Gasteiger partial charge in [0.25, 0.3) is 0 Å². The first kappa shape index (κ1) is 20.3. The summed E-state index contributed by atoms with van der Waals surface area (Å²) in [7, 11) is 1.53. The number of benzene rings is 3. The largest absolute Gasteiger partial charge is 0.497 e. The van der Waals surface area contributed by atoms with Crippen molar-refractivity contribution < 1.29 is 27.4 Å². The molecule has 1 N–H and O–H groups in total. The van der Waals surface area contributed by atoms with E-state index in [1.807, 2.05) is 0 Å². The van der Waals surface area contributed by atoms with Gasteiger partial charge in [0.1, 0.15) is 17.3 Å². The smallest absolute Gasteiger partial charge is 0.387 e. The molecule has 0 saturated carbocycles. The number of halogens is 3. The number of ether oxygens (including phenoxy) is 2. The van der Waals surface area contributed by atoms with Crippen molar-refractivity contribution in [1.82, 2.24) is 0 Å². The highest BCUT2D eigenvalue weighted by Crippen LogP contribution is 2.34. The summed E-state index contributed by atoms with van der Waals surface area (Å²) in [4.78, 5) is 12.3. The van der Waals surface area contributed by atoms with Gasteiger partial charge in [-0.25, -0.2) is 4.39 Å². The highest BCUT2D eigenvalue weighted by atomic mass is 19.3. The normalized spacial score (nSPS) is 10.7. The quantitative estimate of drug-likeness (QED) is 0.586. The Morgan fingerprint density at radius 2 is 1.69 bits per heavy atom. The Labute approximate surface area is 165 Å². The Bertz CT molecular complexity index is 974. The van der Waals surface area contributed by atoms with Crippen LogP contribution in [0.4, 0.5) is 18.9 Å². The highest BCUT2D eigenvalue weighted by Gasteiger charge is 2.14. The third kappa shape index (κ3) is 5.51. The van der Waals surface area contributed by atoms with Gasteiger partial charge in [-0.3, -0.25) is 4.79 Å². The summed E-state index contributed by atoms with van der Waals surface area (Å²) in [5.41, 5.74) is 2.09. The lowest BCUT2D eigenvalue weighted by molar-refractivity contribution is -0.115. The van der Waals surface area contributed by atoms with Crippen LogP contribution in [0.5, 0.6) is 11.5 Å². The Kier molecular flexibility index (Phi) is 6.39. The average molecular weight is 401 g/mol. The number of carbonyl (C=O) groups is 1. The molecule has 29 heavy (non-hydrogen) atoms. The van der Waals surface area contributed by atoms with Crippen LogP contribution < -0.4 is 14.8 Å². The Morgan fingerprint density at radius 1 is 1.00 bits per heavy atom. The molecule has 0 unspecified atom stereocenters. The van der Waals surface area contributed by atoms with Gasteiger partial charge in [-0.2, -0.15) is 8.78 Å². The molecule has 7 heteroatoms. The van der Waals surface area contributed by atoms with Gasteiger partial charge in [0, 0.05) is 11.3 Å². The maximum atomic E-state index is 13.0. The zero-order valence-electron chi connectivity index (χ0n) is 15.5. The highest BCUT2D eigenvalue weighted by molar-refractivity contribution is 5.93. The van der Waals surface area contributed by atoms with E-state index in [0.29, 0.717) is 28.1 Å². The van der Waals surface area contributed by atoms with Gasteiger partial charge < -0.3 is 14.8 Å². The maximum Gasteiger partial charge on any atom is 0.387 e. The van der Waals surface area contributed by atoms with E-state index in [1.54, 1.807) is 30.3 Å². The van der Waals surface area contributed by atoms with Gasteiger partial charge in [-0.1, -0.05) is 24.3 Å². The van der Waals surface area contributed by atoms with Gasteiger partial charge >= 0.3 is 6.61 Å². The molecule has 1 amide bonds. The van der Waals surface area contributed by atoms with Crippen molar-refractivity contribution in [2.45, 2.75) is 13.0 Å². The predicted octanol–water partition coefficient (Wildman–Crippen LogP) is 5.28. The third-order valence-electron chi connectivity index (χ3n) is 4.16. The number of nitrogens with one attached hydrogen (secondary N) is 1. The van der Waals surface area contributed by atoms with Crippen LogP contribution in [0, 0.1) is 5.82 Å². The van der Waals surface area contributed by atoms with E-state index >= 15 is 0 Å². The summed E-state index contributed by atoms with van der Waals surface area (Å²) in [6.45, 7) is -2.98. The van der Waals surface area contributed by atoms with E-state index in [4.69, 9.17) is 4.74 Å². The topological polar surface area (TPSA) is 47.6 Å². The zero-order chi connectivity index (χ0) is 20.8. The van der Waals surface area contributed by atoms with Crippen LogP contribution in [0.15, 0.2) is 66.7 Å². The standard InChI is InChI=1S/C22H18F3NO3/c1-28-18-9-4-15(5-10-18)19-13-17(8-11-20(19)29-22(24)25)26-21(27)12-14-2-6-16(23)7-3-14/h2-11,13,22H,12H2,1H3,(H,26,27). The van der Waals surface area contributed by atoms with E-state index in [2.05, 4.69) is 10.1 Å². The fourth-order valence-corrected chi connectivity index (χ4v) is 2.80. The first-order valence-corrected chi connectivity index (χ1v) is 8.72. The molecule has 0 aliphatic rings. The third-order valence-corrected chi connectivity index (χ3v) is 4.16. The first-order valence-electron chi connectivity index (χ1n) is 8.72. The molecule has 3 aromatic rings. The van der Waals surface area contributed by atoms with Crippen LogP contribution in [0.2, 0.25) is 0 Å². The van der Waals surface area contributed by atoms with Crippen LogP contribution in [0.3, 0.4) is 0 Å². The second-order valence-corrected chi connectivity index (χ2v) is 6.17. The van der Waals surface area contributed by atoms with Crippen molar-refractivity contribution in [3.63, 3.8) is 0 Å². The predicted molar refractivity (Wildman–Crippen MR) is 104 cm³/mol. The number of hydrogen-bond donors (Lipinski definition) is 1. The first-order chi connectivity index (χ1) is 13.9. The molecule has 0 heterocycles. The fourth-order valence-electron chi connectivity index (χ4n) is 2.80. The van der Waals surface area contributed by atoms with E-state index in [1.165, 1.54) is 43.5 Å². The molecular formula is C22H18F3NO3. The Balaban J connectivity index is 1.83. The SMILES string of the molecule is COc1ccc(-c2cc(NC(=O)Cc3ccc(F)cc3)ccc2OC(F)F)cc1. The minimum Gasteiger partial charge on any atom is -0.497 e. The number of carbonyl (C=O) groups excluding carboxylic acids is 1. The summed E-state index contributed by atoms with van der Waals surface area (Å²) in [5, 5.41) is 2.72. The van der Waals surface area contributed by atoms with Crippen LogP contribution in [-0.2, 0) is 11.2 Å². The lowest BCUT2D eigenvalue weighted by Gasteiger charge is -2.14. The molecule has 0 fully saturated rings. The van der Waals surface area contributed by atoms with Crippen LogP contribution in [-0.4, -0.2) is 19.6 Å². The zero-order valence-corrected chi connectivity index (χ0v) is 15.5. The fraction of sp³-hybridized carbons (Fsp3) is 0.136. The molecule has 0 saturated heterocycles. The lowest BCUT2D eigenvalue weighted by Crippen LogP contribution is -2.14.